The summed E-state index contributed by atoms with van der Waals surface area (Å²) in [5, 5.41) is 10.7. The lowest BCUT2D eigenvalue weighted by Gasteiger charge is -2.18. The Bertz CT molecular complexity index is 796. The molecule has 2 aromatic rings. The number of fused-ring (bicyclic) bond motifs is 1. The molecule has 2 aromatic carbocycles. The molecule has 2 N–H and O–H groups in total. The first-order valence-corrected chi connectivity index (χ1v) is 9.06. The van der Waals surface area contributed by atoms with Crippen molar-refractivity contribution in [1.82, 2.24) is 4.72 Å². The van der Waals surface area contributed by atoms with Crippen LogP contribution in [0.15, 0.2) is 47.4 Å². The van der Waals surface area contributed by atoms with Gasteiger partial charge in [0.05, 0.1) is 4.90 Å². The Morgan fingerprint density at radius 3 is 2.48 bits per heavy atom. The molecule has 0 heterocycles. The summed E-state index contributed by atoms with van der Waals surface area (Å²) < 4.78 is 27.7. The summed E-state index contributed by atoms with van der Waals surface area (Å²) in [5.74, 6) is -1.04. The zero-order valence-corrected chi connectivity index (χ0v) is 14.0. The lowest BCUT2D eigenvalue weighted by molar-refractivity contribution is -0.139. The predicted molar refractivity (Wildman–Crippen MR) is 89.8 cm³/mol. The number of hydrogen-bond donors (Lipinski definition) is 2. The van der Waals surface area contributed by atoms with Crippen molar-refractivity contribution in [1.29, 1.82) is 0 Å². The van der Waals surface area contributed by atoms with Crippen molar-refractivity contribution in [2.24, 2.45) is 5.92 Å². The van der Waals surface area contributed by atoms with Crippen molar-refractivity contribution >= 4 is 26.8 Å². The number of carbonyl (C=O) groups is 1. The Hall–Kier alpha value is -1.92. The normalized spacial score (nSPS) is 14.5. The van der Waals surface area contributed by atoms with Crippen molar-refractivity contribution in [3.8, 4) is 0 Å². The minimum absolute atomic E-state index is 0.103. The van der Waals surface area contributed by atoms with E-state index in [-0.39, 0.29) is 17.2 Å². The van der Waals surface area contributed by atoms with Crippen LogP contribution in [0.1, 0.15) is 26.7 Å². The van der Waals surface area contributed by atoms with E-state index in [1.165, 1.54) is 6.07 Å². The van der Waals surface area contributed by atoms with Gasteiger partial charge in [-0.3, -0.25) is 4.79 Å². The highest BCUT2D eigenvalue weighted by molar-refractivity contribution is 7.89. The van der Waals surface area contributed by atoms with Crippen molar-refractivity contribution in [2.45, 2.75) is 37.6 Å². The van der Waals surface area contributed by atoms with E-state index >= 15 is 0 Å². The van der Waals surface area contributed by atoms with Crippen LogP contribution in [0.3, 0.4) is 0 Å². The maximum Gasteiger partial charge on any atom is 0.321 e. The second-order valence-corrected chi connectivity index (χ2v) is 7.42. The molecule has 6 heteroatoms. The maximum atomic E-state index is 12.7. The summed E-state index contributed by atoms with van der Waals surface area (Å²) in [6.07, 6.45) is 1.05. The van der Waals surface area contributed by atoms with Crippen LogP contribution in [0, 0.1) is 5.92 Å². The van der Waals surface area contributed by atoms with Crippen LogP contribution in [-0.2, 0) is 14.8 Å². The average molecular weight is 335 g/mol. The van der Waals surface area contributed by atoms with Gasteiger partial charge in [-0.05, 0) is 23.8 Å². The highest BCUT2D eigenvalue weighted by atomic mass is 32.2. The average Bonchev–Trinajstić information content (AvgIpc) is 2.53. The first kappa shape index (κ1) is 17.4. The van der Waals surface area contributed by atoms with E-state index in [0.29, 0.717) is 5.39 Å². The molecule has 0 aliphatic carbocycles. The molecule has 0 bridgehead atoms. The van der Waals surface area contributed by atoms with Crippen LogP contribution in [0.25, 0.3) is 10.8 Å². The summed E-state index contributed by atoms with van der Waals surface area (Å²) in [6.45, 7) is 3.85. The summed E-state index contributed by atoms with van der Waals surface area (Å²) in [7, 11) is -3.92. The molecule has 23 heavy (non-hydrogen) atoms. The molecular formula is C17H21NO4S. The SMILES string of the molecule is CC[C@H](C)CC(NS(=O)(=O)c1cccc2ccccc12)C(=O)O. The minimum Gasteiger partial charge on any atom is -0.480 e. The summed E-state index contributed by atoms with van der Waals surface area (Å²) in [5.41, 5.74) is 0. The first-order valence-electron chi connectivity index (χ1n) is 7.58. The van der Waals surface area contributed by atoms with Gasteiger partial charge in [0.2, 0.25) is 10.0 Å². The molecule has 0 aromatic heterocycles. The molecule has 0 fully saturated rings. The van der Waals surface area contributed by atoms with Crippen LogP contribution in [0.5, 0.6) is 0 Å². The highest BCUT2D eigenvalue weighted by Crippen LogP contribution is 2.23. The van der Waals surface area contributed by atoms with Gasteiger partial charge in [0.1, 0.15) is 6.04 Å². The van der Waals surface area contributed by atoms with E-state index < -0.39 is 22.0 Å². The second-order valence-electron chi connectivity index (χ2n) is 5.74. The van der Waals surface area contributed by atoms with Gasteiger partial charge in [0, 0.05) is 5.39 Å². The molecule has 2 rings (SSSR count). The largest absolute Gasteiger partial charge is 0.480 e. The molecule has 0 saturated heterocycles. The number of sulfonamides is 1. The van der Waals surface area contributed by atoms with Crippen LogP contribution in [0.2, 0.25) is 0 Å². The van der Waals surface area contributed by atoms with Crippen LogP contribution < -0.4 is 4.72 Å². The van der Waals surface area contributed by atoms with Gasteiger partial charge < -0.3 is 5.11 Å². The van der Waals surface area contributed by atoms with Gasteiger partial charge in [0.25, 0.3) is 0 Å². The van der Waals surface area contributed by atoms with Gasteiger partial charge in [-0.25, -0.2) is 8.42 Å². The zero-order chi connectivity index (χ0) is 17.0. The topological polar surface area (TPSA) is 83.5 Å². The molecule has 0 radical (unpaired) electrons. The Balaban J connectivity index is 2.38. The standard InChI is InChI=1S/C17H21NO4S/c1-3-12(2)11-15(17(19)20)18-23(21,22)16-10-6-8-13-7-4-5-9-14(13)16/h4-10,12,15,18H,3,11H2,1-2H3,(H,19,20)/t12-,15?/m0/s1. The van der Waals surface area contributed by atoms with Gasteiger partial charge >= 0.3 is 5.97 Å². The van der Waals surface area contributed by atoms with Gasteiger partial charge in [0.15, 0.2) is 0 Å². The van der Waals surface area contributed by atoms with Crippen molar-refractivity contribution in [3.63, 3.8) is 0 Å². The van der Waals surface area contributed by atoms with Crippen LogP contribution in [-0.4, -0.2) is 25.5 Å². The van der Waals surface area contributed by atoms with E-state index in [1.807, 2.05) is 32.0 Å². The Morgan fingerprint density at radius 2 is 1.83 bits per heavy atom. The van der Waals surface area contributed by atoms with Crippen molar-refractivity contribution in [3.05, 3.63) is 42.5 Å². The molecule has 1 unspecified atom stereocenters. The fourth-order valence-corrected chi connectivity index (χ4v) is 3.88. The van der Waals surface area contributed by atoms with Gasteiger partial charge in [-0.15, -0.1) is 0 Å². The molecule has 2 atom stereocenters. The summed E-state index contributed by atoms with van der Waals surface area (Å²) >= 11 is 0. The van der Waals surface area contributed by atoms with E-state index in [4.69, 9.17) is 0 Å². The molecule has 5 nitrogen and oxygen atoms in total. The van der Waals surface area contributed by atoms with Gasteiger partial charge in [-0.2, -0.15) is 4.72 Å². The number of hydrogen-bond acceptors (Lipinski definition) is 3. The lowest BCUT2D eigenvalue weighted by Crippen LogP contribution is -2.41. The van der Waals surface area contributed by atoms with E-state index in [1.54, 1.807) is 18.2 Å². The number of carboxylic acid groups (broad SMARTS) is 1. The minimum atomic E-state index is -3.92. The third-order valence-electron chi connectivity index (χ3n) is 3.97. The second kappa shape index (κ2) is 7.10. The van der Waals surface area contributed by atoms with Crippen molar-refractivity contribution in [2.75, 3.05) is 0 Å². The summed E-state index contributed by atoms with van der Waals surface area (Å²) in [6, 6.07) is 11.0. The quantitative estimate of drug-likeness (QED) is 0.815. The third kappa shape index (κ3) is 4.09. The molecule has 0 saturated carbocycles. The van der Waals surface area contributed by atoms with E-state index in [9.17, 15) is 18.3 Å². The molecular weight excluding hydrogens is 314 g/mol. The fourth-order valence-electron chi connectivity index (χ4n) is 2.45. The lowest BCUT2D eigenvalue weighted by atomic mass is 10.0. The van der Waals surface area contributed by atoms with Gasteiger partial charge in [-0.1, -0.05) is 56.7 Å². The van der Waals surface area contributed by atoms with Crippen LogP contribution >= 0.6 is 0 Å². The smallest absolute Gasteiger partial charge is 0.321 e. The van der Waals surface area contributed by atoms with E-state index in [0.717, 1.165) is 11.8 Å². The van der Waals surface area contributed by atoms with Crippen molar-refractivity contribution < 1.29 is 18.3 Å². The monoisotopic (exact) mass is 335 g/mol. The molecule has 124 valence electrons. The zero-order valence-electron chi connectivity index (χ0n) is 13.2. The fraction of sp³-hybridized carbons (Fsp3) is 0.353. The molecule has 0 aliphatic rings. The number of benzene rings is 2. The summed E-state index contributed by atoms with van der Waals surface area (Å²) in [4.78, 5) is 11.5. The Kier molecular flexibility index (Phi) is 5.38. The first-order chi connectivity index (χ1) is 10.8. The Morgan fingerprint density at radius 1 is 1.17 bits per heavy atom. The number of nitrogens with one attached hydrogen (secondary N) is 1. The number of rotatable bonds is 7. The highest BCUT2D eigenvalue weighted by Gasteiger charge is 2.27. The molecule has 0 aliphatic heterocycles. The molecule has 0 spiro atoms. The van der Waals surface area contributed by atoms with Crippen LogP contribution in [0.4, 0.5) is 0 Å². The third-order valence-corrected chi connectivity index (χ3v) is 5.50. The predicted octanol–water partition coefficient (Wildman–Crippen LogP) is 3.01. The maximum absolute atomic E-state index is 12.7. The van der Waals surface area contributed by atoms with E-state index in [2.05, 4.69) is 4.72 Å². The molecule has 0 amide bonds. The Labute approximate surface area is 136 Å². The number of carboxylic acids is 1. The number of aliphatic carboxylic acids is 1.